The second kappa shape index (κ2) is 7.89. The molecule has 2 N–H and O–H groups in total. The fourth-order valence-electron chi connectivity index (χ4n) is 3.37. The SMILES string of the molecule is CC(C)(C)c1ccc(C2(C)NC(=O)N(CC(=O)NCc3ccccc3F)C2=O)cc1. The third kappa shape index (κ3) is 4.20. The molecule has 30 heavy (non-hydrogen) atoms. The van der Waals surface area contributed by atoms with E-state index in [1.807, 2.05) is 24.3 Å². The van der Waals surface area contributed by atoms with Crippen LogP contribution in [0.15, 0.2) is 48.5 Å². The van der Waals surface area contributed by atoms with Gasteiger partial charge in [-0.05, 0) is 29.5 Å². The molecule has 1 aliphatic rings. The number of urea groups is 1. The summed E-state index contributed by atoms with van der Waals surface area (Å²) in [5.41, 5.74) is 0.787. The first-order valence-electron chi connectivity index (χ1n) is 9.77. The lowest BCUT2D eigenvalue weighted by atomic mass is 9.84. The number of hydrogen-bond donors (Lipinski definition) is 2. The average Bonchev–Trinajstić information content (AvgIpc) is 2.91. The Hall–Kier alpha value is -3.22. The molecule has 7 heteroatoms. The van der Waals surface area contributed by atoms with Crippen LogP contribution in [0, 0.1) is 5.82 Å². The molecular formula is C23H26FN3O3. The summed E-state index contributed by atoms with van der Waals surface area (Å²) in [6.07, 6.45) is 0. The predicted molar refractivity (Wildman–Crippen MR) is 111 cm³/mol. The van der Waals surface area contributed by atoms with Gasteiger partial charge in [-0.1, -0.05) is 63.2 Å². The first-order chi connectivity index (χ1) is 14.0. The van der Waals surface area contributed by atoms with Crippen LogP contribution in [0.5, 0.6) is 0 Å². The van der Waals surface area contributed by atoms with Crippen LogP contribution >= 0.6 is 0 Å². The van der Waals surface area contributed by atoms with E-state index in [4.69, 9.17) is 0 Å². The summed E-state index contributed by atoms with van der Waals surface area (Å²) in [6.45, 7) is 7.43. The number of imide groups is 1. The Balaban J connectivity index is 1.69. The van der Waals surface area contributed by atoms with Crippen molar-refractivity contribution in [1.82, 2.24) is 15.5 Å². The number of nitrogens with one attached hydrogen (secondary N) is 2. The number of halogens is 1. The topological polar surface area (TPSA) is 78.5 Å². The minimum Gasteiger partial charge on any atom is -0.350 e. The van der Waals surface area contributed by atoms with Gasteiger partial charge in [-0.15, -0.1) is 0 Å². The highest BCUT2D eigenvalue weighted by molar-refractivity contribution is 6.09. The molecule has 0 spiro atoms. The average molecular weight is 411 g/mol. The molecule has 2 aromatic carbocycles. The Morgan fingerprint density at radius 1 is 1.10 bits per heavy atom. The van der Waals surface area contributed by atoms with Crippen molar-refractivity contribution in [3.8, 4) is 0 Å². The molecule has 1 fully saturated rings. The molecule has 1 saturated heterocycles. The summed E-state index contributed by atoms with van der Waals surface area (Å²) in [6, 6.07) is 13.0. The third-order valence-electron chi connectivity index (χ3n) is 5.34. The minimum atomic E-state index is -1.25. The molecule has 0 radical (unpaired) electrons. The first-order valence-corrected chi connectivity index (χ1v) is 9.77. The molecule has 2 aromatic rings. The van der Waals surface area contributed by atoms with Gasteiger partial charge in [0.1, 0.15) is 17.9 Å². The number of amides is 4. The quantitative estimate of drug-likeness (QED) is 0.742. The van der Waals surface area contributed by atoms with Crippen molar-refractivity contribution in [3.63, 3.8) is 0 Å². The fraction of sp³-hybridized carbons (Fsp3) is 0.348. The van der Waals surface area contributed by atoms with E-state index in [1.54, 1.807) is 25.1 Å². The van der Waals surface area contributed by atoms with E-state index in [0.717, 1.165) is 10.5 Å². The van der Waals surface area contributed by atoms with Crippen molar-refractivity contribution in [2.45, 2.75) is 45.2 Å². The lowest BCUT2D eigenvalue weighted by Gasteiger charge is -2.24. The van der Waals surface area contributed by atoms with Crippen LogP contribution in [0.4, 0.5) is 9.18 Å². The van der Waals surface area contributed by atoms with Gasteiger partial charge in [-0.3, -0.25) is 14.5 Å². The molecule has 1 aliphatic heterocycles. The Kier molecular flexibility index (Phi) is 5.65. The van der Waals surface area contributed by atoms with Crippen molar-refractivity contribution in [3.05, 3.63) is 71.0 Å². The minimum absolute atomic E-state index is 0.0271. The zero-order valence-electron chi connectivity index (χ0n) is 17.6. The van der Waals surface area contributed by atoms with E-state index < -0.39 is 35.7 Å². The number of nitrogens with zero attached hydrogens (tertiary/aromatic N) is 1. The van der Waals surface area contributed by atoms with Crippen molar-refractivity contribution in [1.29, 1.82) is 0 Å². The van der Waals surface area contributed by atoms with Crippen LogP contribution in [-0.2, 0) is 27.1 Å². The molecule has 1 unspecified atom stereocenters. The van der Waals surface area contributed by atoms with E-state index in [-0.39, 0.29) is 12.0 Å². The molecule has 0 saturated carbocycles. The van der Waals surface area contributed by atoms with Gasteiger partial charge in [0.2, 0.25) is 5.91 Å². The van der Waals surface area contributed by atoms with Crippen LogP contribution in [0.2, 0.25) is 0 Å². The molecule has 4 amide bonds. The summed E-state index contributed by atoms with van der Waals surface area (Å²) in [4.78, 5) is 38.6. The van der Waals surface area contributed by atoms with E-state index in [9.17, 15) is 18.8 Å². The Bertz CT molecular complexity index is 982. The Morgan fingerprint density at radius 3 is 2.33 bits per heavy atom. The number of benzene rings is 2. The number of carbonyl (C=O) groups is 3. The summed E-state index contributed by atoms with van der Waals surface area (Å²) in [5, 5.41) is 5.24. The summed E-state index contributed by atoms with van der Waals surface area (Å²) in [7, 11) is 0. The summed E-state index contributed by atoms with van der Waals surface area (Å²) < 4.78 is 13.7. The van der Waals surface area contributed by atoms with Crippen molar-refractivity contribution in [2.24, 2.45) is 0 Å². The van der Waals surface area contributed by atoms with Gasteiger partial charge >= 0.3 is 6.03 Å². The monoisotopic (exact) mass is 411 g/mol. The van der Waals surface area contributed by atoms with Crippen LogP contribution in [0.1, 0.15) is 44.4 Å². The molecular weight excluding hydrogens is 385 g/mol. The maximum atomic E-state index is 13.7. The van der Waals surface area contributed by atoms with Gasteiger partial charge in [0.05, 0.1) is 0 Å². The smallest absolute Gasteiger partial charge is 0.325 e. The second-order valence-electron chi connectivity index (χ2n) is 8.64. The third-order valence-corrected chi connectivity index (χ3v) is 5.34. The maximum absolute atomic E-state index is 13.7. The van der Waals surface area contributed by atoms with Gasteiger partial charge in [-0.25, -0.2) is 9.18 Å². The normalized spacial score (nSPS) is 19.0. The van der Waals surface area contributed by atoms with Gasteiger partial charge in [0, 0.05) is 12.1 Å². The zero-order valence-corrected chi connectivity index (χ0v) is 17.6. The highest BCUT2D eigenvalue weighted by Crippen LogP contribution is 2.31. The lowest BCUT2D eigenvalue weighted by Crippen LogP contribution is -2.43. The van der Waals surface area contributed by atoms with Crippen LogP contribution in [0.3, 0.4) is 0 Å². The van der Waals surface area contributed by atoms with Crippen molar-refractivity contribution in [2.75, 3.05) is 6.54 Å². The molecule has 1 heterocycles. The molecule has 3 rings (SSSR count). The summed E-state index contributed by atoms with van der Waals surface area (Å²) >= 11 is 0. The van der Waals surface area contributed by atoms with Gasteiger partial charge in [-0.2, -0.15) is 0 Å². The maximum Gasteiger partial charge on any atom is 0.325 e. The predicted octanol–water partition coefficient (Wildman–Crippen LogP) is 3.21. The highest BCUT2D eigenvalue weighted by Gasteiger charge is 2.49. The van der Waals surface area contributed by atoms with Crippen LogP contribution < -0.4 is 10.6 Å². The van der Waals surface area contributed by atoms with Gasteiger partial charge < -0.3 is 10.6 Å². The van der Waals surface area contributed by atoms with E-state index in [0.29, 0.717) is 11.1 Å². The first kappa shape index (κ1) is 21.5. The van der Waals surface area contributed by atoms with Crippen LogP contribution in [-0.4, -0.2) is 29.3 Å². The molecule has 0 aliphatic carbocycles. The van der Waals surface area contributed by atoms with Crippen molar-refractivity contribution < 1.29 is 18.8 Å². The number of hydrogen-bond acceptors (Lipinski definition) is 3. The molecule has 158 valence electrons. The van der Waals surface area contributed by atoms with E-state index in [1.165, 1.54) is 6.07 Å². The lowest BCUT2D eigenvalue weighted by molar-refractivity contribution is -0.134. The fourth-order valence-corrected chi connectivity index (χ4v) is 3.37. The standard InChI is InChI=1S/C23H26FN3O3/c1-22(2,3)16-9-11-17(12-10-16)23(4)20(29)27(21(30)26-23)14-19(28)25-13-15-7-5-6-8-18(15)24/h5-12H,13-14H2,1-4H3,(H,25,28)(H,26,30). The van der Waals surface area contributed by atoms with Crippen molar-refractivity contribution >= 4 is 17.8 Å². The van der Waals surface area contributed by atoms with Gasteiger partial charge in [0.25, 0.3) is 5.91 Å². The zero-order chi connectivity index (χ0) is 22.1. The number of rotatable bonds is 5. The molecule has 0 bridgehead atoms. The van der Waals surface area contributed by atoms with E-state index >= 15 is 0 Å². The molecule has 6 nitrogen and oxygen atoms in total. The molecule has 1 atom stereocenters. The van der Waals surface area contributed by atoms with E-state index in [2.05, 4.69) is 31.4 Å². The second-order valence-corrected chi connectivity index (χ2v) is 8.64. The largest absolute Gasteiger partial charge is 0.350 e. The summed E-state index contributed by atoms with van der Waals surface area (Å²) in [5.74, 6) is -1.48. The molecule has 0 aromatic heterocycles. The van der Waals surface area contributed by atoms with Gasteiger partial charge in [0.15, 0.2) is 0 Å². The Morgan fingerprint density at radius 2 is 1.73 bits per heavy atom. The Labute approximate surface area is 175 Å². The van der Waals surface area contributed by atoms with Crippen LogP contribution in [0.25, 0.3) is 0 Å². The number of carbonyl (C=O) groups excluding carboxylic acids is 3. The highest BCUT2D eigenvalue weighted by atomic mass is 19.1.